The van der Waals surface area contributed by atoms with E-state index in [0.717, 1.165) is 29.9 Å². The zero-order valence-electron chi connectivity index (χ0n) is 17.6. The first-order valence-corrected chi connectivity index (χ1v) is 10.1. The third-order valence-corrected chi connectivity index (χ3v) is 5.02. The Morgan fingerprint density at radius 1 is 0.893 bits per heavy atom. The Morgan fingerprint density at radius 2 is 1.57 bits per heavy atom. The van der Waals surface area contributed by atoms with E-state index in [1.165, 1.54) is 0 Å². The summed E-state index contributed by atoms with van der Waals surface area (Å²) < 4.78 is 17.7. The standard InChI is InChI=1S/C25H34O3/c1-6-25(28-23-10-8-7-9-11-23)24(17-12-19(2)3)20(4)27-18-21-13-15-22(26-5)16-14-21/h6-11,13-16,19-20,24-25H,1,12,17-18H2,2-5H3/t20-,24-,25-/m0/s1. The van der Waals surface area contributed by atoms with Crippen LogP contribution in [0.2, 0.25) is 0 Å². The fourth-order valence-corrected chi connectivity index (χ4v) is 3.23. The highest BCUT2D eigenvalue weighted by Crippen LogP contribution is 2.27. The van der Waals surface area contributed by atoms with Gasteiger partial charge in [-0.3, -0.25) is 0 Å². The fourth-order valence-electron chi connectivity index (χ4n) is 3.23. The molecule has 0 aliphatic heterocycles. The molecule has 3 heteroatoms. The summed E-state index contributed by atoms with van der Waals surface area (Å²) in [5.41, 5.74) is 1.13. The van der Waals surface area contributed by atoms with Crippen molar-refractivity contribution < 1.29 is 14.2 Å². The lowest BCUT2D eigenvalue weighted by molar-refractivity contribution is -0.0207. The molecule has 0 amide bonds. The summed E-state index contributed by atoms with van der Waals surface area (Å²) in [6.07, 6.45) is 4.03. The van der Waals surface area contributed by atoms with Gasteiger partial charge >= 0.3 is 0 Å². The normalized spacial score (nSPS) is 14.3. The summed E-state index contributed by atoms with van der Waals surface area (Å²) >= 11 is 0. The summed E-state index contributed by atoms with van der Waals surface area (Å²) in [4.78, 5) is 0. The van der Waals surface area contributed by atoms with Crippen LogP contribution < -0.4 is 9.47 Å². The van der Waals surface area contributed by atoms with Crippen molar-refractivity contribution in [3.05, 3.63) is 72.8 Å². The first kappa shape index (κ1) is 22.0. The molecule has 2 aromatic carbocycles. The number of rotatable bonds is 12. The third kappa shape index (κ3) is 7.05. The lowest BCUT2D eigenvalue weighted by atomic mass is 9.88. The summed E-state index contributed by atoms with van der Waals surface area (Å²) in [6.45, 7) is 11.2. The molecule has 0 saturated heterocycles. The van der Waals surface area contributed by atoms with Crippen LogP contribution in [0.1, 0.15) is 39.2 Å². The van der Waals surface area contributed by atoms with Gasteiger partial charge in [-0.1, -0.05) is 63.3 Å². The Bertz CT molecular complexity index is 679. The van der Waals surface area contributed by atoms with Crippen molar-refractivity contribution in [2.45, 2.75) is 52.4 Å². The third-order valence-electron chi connectivity index (χ3n) is 5.02. The minimum absolute atomic E-state index is 0.0487. The second-order valence-corrected chi connectivity index (χ2v) is 7.63. The molecule has 0 aromatic heterocycles. The first-order valence-electron chi connectivity index (χ1n) is 10.1. The molecule has 0 radical (unpaired) electrons. The van der Waals surface area contributed by atoms with Crippen LogP contribution in [0.25, 0.3) is 0 Å². The van der Waals surface area contributed by atoms with Gasteiger partial charge in [0.15, 0.2) is 0 Å². The van der Waals surface area contributed by atoms with Crippen LogP contribution >= 0.6 is 0 Å². The van der Waals surface area contributed by atoms with Crippen molar-refractivity contribution in [2.24, 2.45) is 11.8 Å². The topological polar surface area (TPSA) is 27.7 Å². The molecular formula is C25H34O3. The van der Waals surface area contributed by atoms with Crippen molar-refractivity contribution in [3.8, 4) is 11.5 Å². The van der Waals surface area contributed by atoms with Gasteiger partial charge in [-0.15, -0.1) is 0 Å². The molecule has 0 N–H and O–H groups in total. The second kappa shape index (κ2) is 11.6. The van der Waals surface area contributed by atoms with Gasteiger partial charge in [0.05, 0.1) is 19.8 Å². The Morgan fingerprint density at radius 3 is 2.14 bits per heavy atom. The SMILES string of the molecule is C=C[C@H](Oc1ccccc1)[C@@H](CCC(C)C)[C@H](C)OCc1ccc(OC)cc1. The minimum Gasteiger partial charge on any atom is -0.497 e. The van der Waals surface area contributed by atoms with E-state index in [9.17, 15) is 0 Å². The molecule has 3 nitrogen and oxygen atoms in total. The Balaban J connectivity index is 2.04. The molecule has 0 saturated carbocycles. The number of methoxy groups -OCH3 is 1. The van der Waals surface area contributed by atoms with Crippen LogP contribution in [0, 0.1) is 11.8 Å². The number of para-hydroxylation sites is 1. The summed E-state index contributed by atoms with van der Waals surface area (Å²) in [5, 5.41) is 0. The van der Waals surface area contributed by atoms with Gasteiger partial charge in [-0.25, -0.2) is 0 Å². The Hall–Kier alpha value is -2.26. The summed E-state index contributed by atoms with van der Waals surface area (Å²) in [6, 6.07) is 17.9. The number of hydrogen-bond donors (Lipinski definition) is 0. The van der Waals surface area contributed by atoms with Crippen molar-refractivity contribution in [1.29, 1.82) is 0 Å². The predicted octanol–water partition coefficient (Wildman–Crippen LogP) is 6.29. The van der Waals surface area contributed by atoms with Crippen molar-refractivity contribution in [1.82, 2.24) is 0 Å². The van der Waals surface area contributed by atoms with Crippen LogP contribution in [0.5, 0.6) is 11.5 Å². The molecule has 2 aromatic rings. The van der Waals surface area contributed by atoms with Gasteiger partial charge in [0.25, 0.3) is 0 Å². The molecule has 0 bridgehead atoms. The van der Waals surface area contributed by atoms with Crippen LogP contribution in [-0.4, -0.2) is 19.3 Å². The Kier molecular flexibility index (Phi) is 9.09. The van der Waals surface area contributed by atoms with Gasteiger partial charge in [0.2, 0.25) is 0 Å². The Labute approximate surface area is 170 Å². The average Bonchev–Trinajstić information content (AvgIpc) is 2.72. The zero-order chi connectivity index (χ0) is 20.4. The lowest BCUT2D eigenvalue weighted by Crippen LogP contribution is -2.35. The molecule has 0 spiro atoms. The molecule has 3 atom stereocenters. The number of hydrogen-bond acceptors (Lipinski definition) is 3. The maximum Gasteiger partial charge on any atom is 0.122 e. The van der Waals surface area contributed by atoms with E-state index in [1.54, 1.807) is 7.11 Å². The van der Waals surface area contributed by atoms with Crippen LogP contribution in [0.4, 0.5) is 0 Å². The molecule has 0 heterocycles. The first-order chi connectivity index (χ1) is 13.5. The van der Waals surface area contributed by atoms with Gasteiger partial charge in [-0.2, -0.15) is 0 Å². The molecule has 0 unspecified atom stereocenters. The van der Waals surface area contributed by atoms with E-state index < -0.39 is 0 Å². The molecule has 28 heavy (non-hydrogen) atoms. The van der Waals surface area contributed by atoms with Gasteiger partial charge in [-0.05, 0) is 49.1 Å². The van der Waals surface area contributed by atoms with E-state index in [4.69, 9.17) is 14.2 Å². The van der Waals surface area contributed by atoms with E-state index in [-0.39, 0.29) is 18.1 Å². The van der Waals surface area contributed by atoms with Crippen molar-refractivity contribution in [3.63, 3.8) is 0 Å². The quantitative estimate of drug-likeness (QED) is 0.404. The van der Waals surface area contributed by atoms with E-state index >= 15 is 0 Å². The van der Waals surface area contributed by atoms with Crippen LogP contribution in [-0.2, 0) is 11.3 Å². The number of ether oxygens (including phenoxy) is 3. The van der Waals surface area contributed by atoms with Crippen molar-refractivity contribution in [2.75, 3.05) is 7.11 Å². The highest BCUT2D eigenvalue weighted by atomic mass is 16.5. The molecule has 0 aliphatic carbocycles. The van der Waals surface area contributed by atoms with Gasteiger partial charge < -0.3 is 14.2 Å². The molecule has 0 fully saturated rings. The molecule has 2 rings (SSSR count). The van der Waals surface area contributed by atoms with E-state index in [2.05, 4.69) is 27.4 Å². The van der Waals surface area contributed by atoms with E-state index in [0.29, 0.717) is 12.5 Å². The van der Waals surface area contributed by atoms with Gasteiger partial charge in [0, 0.05) is 5.92 Å². The second-order valence-electron chi connectivity index (χ2n) is 7.63. The molecular weight excluding hydrogens is 348 g/mol. The zero-order valence-corrected chi connectivity index (χ0v) is 17.6. The highest BCUT2D eigenvalue weighted by Gasteiger charge is 2.27. The van der Waals surface area contributed by atoms with E-state index in [1.807, 2.05) is 60.7 Å². The smallest absolute Gasteiger partial charge is 0.122 e. The maximum absolute atomic E-state index is 6.25. The van der Waals surface area contributed by atoms with Crippen LogP contribution in [0.3, 0.4) is 0 Å². The van der Waals surface area contributed by atoms with Crippen molar-refractivity contribution >= 4 is 0 Å². The summed E-state index contributed by atoms with van der Waals surface area (Å²) in [5.74, 6) is 2.59. The largest absolute Gasteiger partial charge is 0.497 e. The maximum atomic E-state index is 6.25. The number of benzene rings is 2. The van der Waals surface area contributed by atoms with Crippen LogP contribution in [0.15, 0.2) is 67.3 Å². The minimum atomic E-state index is -0.0907. The fraction of sp³-hybridized carbons (Fsp3) is 0.440. The predicted molar refractivity (Wildman–Crippen MR) is 116 cm³/mol. The molecule has 152 valence electrons. The highest BCUT2D eigenvalue weighted by molar-refractivity contribution is 5.26. The molecule has 0 aliphatic rings. The lowest BCUT2D eigenvalue weighted by Gasteiger charge is -2.31. The average molecular weight is 383 g/mol. The summed E-state index contributed by atoms with van der Waals surface area (Å²) in [7, 11) is 1.68. The van der Waals surface area contributed by atoms with Gasteiger partial charge in [0.1, 0.15) is 17.6 Å². The monoisotopic (exact) mass is 382 g/mol.